The summed E-state index contributed by atoms with van der Waals surface area (Å²) < 4.78 is 0. The highest BCUT2D eigenvalue weighted by molar-refractivity contribution is 9.09. The van der Waals surface area contributed by atoms with Crippen molar-refractivity contribution in [3.8, 4) is 0 Å². The number of benzene rings is 1. The molecule has 0 bridgehead atoms. The van der Waals surface area contributed by atoms with E-state index in [1.165, 1.54) is 18.2 Å². The van der Waals surface area contributed by atoms with Gasteiger partial charge in [-0.05, 0) is 23.8 Å². The fourth-order valence-electron chi connectivity index (χ4n) is 1.37. The molecule has 0 aliphatic rings. The molecule has 1 rings (SSSR count). The van der Waals surface area contributed by atoms with E-state index in [2.05, 4.69) is 15.9 Å². The molecule has 0 aliphatic carbocycles. The van der Waals surface area contributed by atoms with Gasteiger partial charge in [0.05, 0.1) is 0 Å². The van der Waals surface area contributed by atoms with Crippen LogP contribution in [-0.2, 0) is 4.79 Å². The maximum Gasteiger partial charge on any atom is 0.337 e. The monoisotopic (exact) mass is 301 g/mol. The standard InChI is InChI=1S/C11H12BrNO4/c12-2-1-9(14)6-3-7(5-8(13)4-6)10(15)11(16)17/h3-5,10,15H,1-2,13H2,(H,16,17). The molecule has 0 aromatic heterocycles. The van der Waals surface area contributed by atoms with E-state index in [1.54, 1.807) is 0 Å². The lowest BCUT2D eigenvalue weighted by Gasteiger charge is -2.09. The Balaban J connectivity index is 3.10. The van der Waals surface area contributed by atoms with Gasteiger partial charge in [-0.2, -0.15) is 0 Å². The van der Waals surface area contributed by atoms with Gasteiger partial charge in [-0.15, -0.1) is 0 Å². The predicted molar refractivity (Wildman–Crippen MR) is 66.2 cm³/mol. The Bertz CT molecular complexity index is 447. The second-order valence-electron chi connectivity index (χ2n) is 3.49. The Morgan fingerprint density at radius 1 is 1.35 bits per heavy atom. The molecule has 1 unspecified atom stereocenters. The van der Waals surface area contributed by atoms with Crippen LogP contribution in [0.3, 0.4) is 0 Å². The molecular formula is C11H12BrNO4. The van der Waals surface area contributed by atoms with Gasteiger partial charge in [-0.3, -0.25) is 4.79 Å². The summed E-state index contributed by atoms with van der Waals surface area (Å²) in [6.07, 6.45) is -1.39. The van der Waals surface area contributed by atoms with Gasteiger partial charge >= 0.3 is 5.97 Å². The second-order valence-corrected chi connectivity index (χ2v) is 4.28. The largest absolute Gasteiger partial charge is 0.479 e. The number of carbonyl (C=O) groups is 2. The lowest BCUT2D eigenvalue weighted by molar-refractivity contribution is -0.146. The lowest BCUT2D eigenvalue weighted by atomic mass is 10.0. The number of nitrogen functional groups attached to an aromatic ring is 1. The van der Waals surface area contributed by atoms with Crippen LogP contribution in [0.15, 0.2) is 18.2 Å². The van der Waals surface area contributed by atoms with Crippen molar-refractivity contribution in [2.75, 3.05) is 11.1 Å². The quantitative estimate of drug-likeness (QED) is 0.433. The van der Waals surface area contributed by atoms with Crippen LogP contribution in [0.4, 0.5) is 5.69 Å². The highest BCUT2D eigenvalue weighted by atomic mass is 79.9. The Labute approximate surface area is 106 Å². The van der Waals surface area contributed by atoms with Gasteiger partial charge in [-0.1, -0.05) is 15.9 Å². The van der Waals surface area contributed by atoms with Crippen molar-refractivity contribution in [3.05, 3.63) is 29.3 Å². The number of aliphatic hydroxyl groups excluding tert-OH is 1. The summed E-state index contributed by atoms with van der Waals surface area (Å²) in [5.74, 6) is -1.54. The van der Waals surface area contributed by atoms with Crippen LogP contribution in [0.1, 0.15) is 28.4 Å². The summed E-state index contributed by atoms with van der Waals surface area (Å²) in [7, 11) is 0. The van der Waals surface area contributed by atoms with Crippen molar-refractivity contribution in [1.29, 1.82) is 0 Å². The van der Waals surface area contributed by atoms with Crippen molar-refractivity contribution >= 4 is 33.4 Å². The Kier molecular flexibility index (Phi) is 4.65. The number of anilines is 1. The Morgan fingerprint density at radius 2 is 2.00 bits per heavy atom. The van der Waals surface area contributed by atoms with Gasteiger partial charge < -0.3 is 15.9 Å². The molecule has 0 saturated carbocycles. The Hall–Kier alpha value is -1.40. The fraction of sp³-hybridized carbons (Fsp3) is 0.273. The molecule has 92 valence electrons. The van der Waals surface area contributed by atoms with Crippen LogP contribution in [0, 0.1) is 0 Å². The first-order chi connectivity index (χ1) is 7.95. The van der Waals surface area contributed by atoms with E-state index in [1.807, 2.05) is 0 Å². The third kappa shape index (κ3) is 3.54. The summed E-state index contributed by atoms with van der Waals surface area (Å²) in [6, 6.07) is 4.15. The SMILES string of the molecule is Nc1cc(C(=O)CCBr)cc(C(O)C(=O)O)c1. The van der Waals surface area contributed by atoms with Gasteiger partial charge in [0.25, 0.3) is 0 Å². The van der Waals surface area contributed by atoms with Gasteiger partial charge in [0, 0.05) is 23.0 Å². The maximum atomic E-state index is 11.6. The number of carbonyl (C=O) groups excluding carboxylic acids is 1. The summed E-state index contributed by atoms with van der Waals surface area (Å²) in [5, 5.41) is 18.6. The highest BCUT2D eigenvalue weighted by Crippen LogP contribution is 2.20. The van der Waals surface area contributed by atoms with E-state index < -0.39 is 12.1 Å². The van der Waals surface area contributed by atoms with E-state index in [0.717, 1.165) is 0 Å². The predicted octanol–water partition coefficient (Wildman–Crippen LogP) is 1.35. The Morgan fingerprint density at radius 3 is 2.53 bits per heavy atom. The van der Waals surface area contributed by atoms with Gasteiger partial charge in [-0.25, -0.2) is 4.79 Å². The zero-order valence-corrected chi connectivity index (χ0v) is 10.5. The molecule has 0 fully saturated rings. The van der Waals surface area contributed by atoms with Gasteiger partial charge in [0.15, 0.2) is 11.9 Å². The number of hydrogen-bond donors (Lipinski definition) is 3. The number of ketones is 1. The molecule has 0 amide bonds. The van der Waals surface area contributed by atoms with E-state index >= 15 is 0 Å². The third-order valence-electron chi connectivity index (χ3n) is 2.17. The van der Waals surface area contributed by atoms with E-state index in [9.17, 15) is 14.7 Å². The molecule has 0 spiro atoms. The topological polar surface area (TPSA) is 101 Å². The van der Waals surface area contributed by atoms with Crippen molar-refractivity contribution in [2.45, 2.75) is 12.5 Å². The maximum absolute atomic E-state index is 11.6. The van der Waals surface area contributed by atoms with Crippen LogP contribution >= 0.6 is 15.9 Å². The summed E-state index contributed by atoms with van der Waals surface area (Å²) >= 11 is 3.14. The molecule has 0 radical (unpaired) electrons. The smallest absolute Gasteiger partial charge is 0.337 e. The molecule has 4 N–H and O–H groups in total. The van der Waals surface area contributed by atoms with Crippen LogP contribution in [-0.4, -0.2) is 27.3 Å². The van der Waals surface area contributed by atoms with E-state index in [0.29, 0.717) is 10.9 Å². The average molecular weight is 302 g/mol. The number of carboxylic acids is 1. The molecular weight excluding hydrogens is 290 g/mol. The number of carboxylic acid groups (broad SMARTS) is 1. The third-order valence-corrected chi connectivity index (χ3v) is 2.57. The van der Waals surface area contributed by atoms with Crippen molar-refractivity contribution < 1.29 is 19.8 Å². The summed E-state index contributed by atoms with van der Waals surface area (Å²) in [6.45, 7) is 0. The first kappa shape index (κ1) is 13.7. The van der Waals surface area contributed by atoms with Crippen LogP contribution in [0.5, 0.6) is 0 Å². The average Bonchev–Trinajstić information content (AvgIpc) is 2.27. The van der Waals surface area contributed by atoms with E-state index in [-0.39, 0.29) is 23.5 Å². The minimum absolute atomic E-state index is 0.107. The molecule has 0 saturated heterocycles. The first-order valence-corrected chi connectivity index (χ1v) is 5.98. The molecule has 0 heterocycles. The summed E-state index contributed by atoms with van der Waals surface area (Å²) in [4.78, 5) is 22.3. The normalized spacial score (nSPS) is 12.1. The number of alkyl halides is 1. The zero-order chi connectivity index (χ0) is 13.0. The molecule has 0 aliphatic heterocycles. The molecule has 17 heavy (non-hydrogen) atoms. The highest BCUT2D eigenvalue weighted by Gasteiger charge is 2.18. The summed E-state index contributed by atoms with van der Waals surface area (Å²) in [5.41, 5.74) is 6.23. The lowest BCUT2D eigenvalue weighted by Crippen LogP contribution is -2.12. The zero-order valence-electron chi connectivity index (χ0n) is 8.89. The number of Topliss-reactive ketones (excluding diaryl/α,β-unsaturated/α-hetero) is 1. The molecule has 1 aromatic rings. The van der Waals surface area contributed by atoms with Crippen LogP contribution < -0.4 is 5.73 Å². The molecule has 5 nitrogen and oxygen atoms in total. The number of nitrogens with two attached hydrogens (primary N) is 1. The van der Waals surface area contributed by atoms with Crippen molar-refractivity contribution in [3.63, 3.8) is 0 Å². The molecule has 6 heteroatoms. The minimum Gasteiger partial charge on any atom is -0.479 e. The van der Waals surface area contributed by atoms with Crippen molar-refractivity contribution in [2.24, 2.45) is 0 Å². The van der Waals surface area contributed by atoms with E-state index in [4.69, 9.17) is 10.8 Å². The van der Waals surface area contributed by atoms with Crippen LogP contribution in [0.2, 0.25) is 0 Å². The molecule has 1 atom stereocenters. The number of aliphatic hydroxyl groups is 1. The van der Waals surface area contributed by atoms with Crippen molar-refractivity contribution in [1.82, 2.24) is 0 Å². The fourth-order valence-corrected chi connectivity index (χ4v) is 1.73. The van der Waals surface area contributed by atoms with Crippen LogP contribution in [0.25, 0.3) is 0 Å². The van der Waals surface area contributed by atoms with Gasteiger partial charge in [0.2, 0.25) is 0 Å². The van der Waals surface area contributed by atoms with Gasteiger partial charge in [0.1, 0.15) is 0 Å². The minimum atomic E-state index is -1.67. The number of rotatable bonds is 5. The number of aliphatic carboxylic acids is 1. The first-order valence-electron chi connectivity index (χ1n) is 4.86. The number of hydrogen-bond acceptors (Lipinski definition) is 4. The number of halogens is 1. The second kappa shape index (κ2) is 5.79. The molecule has 1 aromatic carbocycles.